The monoisotopic (exact) mass is 323 g/mol. The fraction of sp³-hybridized carbons (Fsp3) is 0.286. The molecule has 0 saturated heterocycles. The molecule has 0 unspecified atom stereocenters. The Bertz CT molecular complexity index is 335. The van der Waals surface area contributed by atoms with E-state index in [-0.39, 0.29) is 3.70 Å². The zero-order chi connectivity index (χ0) is 10.9. The Balaban J connectivity index is 3.20. The Morgan fingerprint density at radius 2 is 1.86 bits per heavy atom. The molecule has 1 heterocycles. The fourth-order valence-corrected chi connectivity index (χ4v) is 1.30. The number of hydrogen-bond donors (Lipinski definition) is 0. The highest BCUT2D eigenvalue weighted by molar-refractivity contribution is 14.1. The molecule has 0 N–H and O–H groups in total. The van der Waals surface area contributed by atoms with E-state index in [0.29, 0.717) is 12.3 Å². The van der Waals surface area contributed by atoms with Crippen LogP contribution in [0.15, 0.2) is 12.3 Å². The van der Waals surface area contributed by atoms with Gasteiger partial charge in [-0.05, 0) is 28.7 Å². The Morgan fingerprint density at radius 1 is 1.29 bits per heavy atom. The van der Waals surface area contributed by atoms with Crippen LogP contribution in [0, 0.1) is 3.70 Å². The summed E-state index contributed by atoms with van der Waals surface area (Å²) in [6.07, 6.45) is -7.05. The number of aromatic nitrogens is 1. The molecule has 0 radical (unpaired) electrons. The molecule has 0 aliphatic carbocycles. The van der Waals surface area contributed by atoms with Gasteiger partial charge < -0.3 is 0 Å². The number of nitrogens with zero attached hydrogens (tertiary/aromatic N) is 1. The first-order valence-electron chi connectivity index (χ1n) is 3.33. The largest absolute Gasteiger partial charge is 0.417 e. The van der Waals surface area contributed by atoms with Crippen molar-refractivity contribution in [1.29, 1.82) is 0 Å². The van der Waals surface area contributed by atoms with Crippen LogP contribution in [0.4, 0.5) is 22.0 Å². The highest BCUT2D eigenvalue weighted by Gasteiger charge is 2.32. The second-order valence-electron chi connectivity index (χ2n) is 2.40. The van der Waals surface area contributed by atoms with E-state index in [1.165, 1.54) is 22.6 Å². The van der Waals surface area contributed by atoms with E-state index in [1.807, 2.05) is 0 Å². The van der Waals surface area contributed by atoms with E-state index >= 15 is 0 Å². The van der Waals surface area contributed by atoms with Crippen molar-refractivity contribution in [2.75, 3.05) is 0 Å². The van der Waals surface area contributed by atoms with Crippen LogP contribution in [-0.4, -0.2) is 4.98 Å². The highest BCUT2D eigenvalue weighted by Crippen LogP contribution is 2.32. The predicted octanol–water partition coefficient (Wildman–Crippen LogP) is 3.64. The average molecular weight is 323 g/mol. The number of halogens is 6. The minimum absolute atomic E-state index is 0.120. The predicted molar refractivity (Wildman–Crippen MR) is 46.9 cm³/mol. The van der Waals surface area contributed by atoms with Crippen molar-refractivity contribution in [3.05, 3.63) is 27.1 Å². The molecule has 1 nitrogen and oxygen atoms in total. The first-order valence-corrected chi connectivity index (χ1v) is 4.41. The van der Waals surface area contributed by atoms with Gasteiger partial charge in [-0.1, -0.05) is 0 Å². The molecule has 0 aliphatic rings. The fourth-order valence-electron chi connectivity index (χ4n) is 0.773. The van der Waals surface area contributed by atoms with E-state index in [2.05, 4.69) is 4.98 Å². The molecule has 1 aromatic rings. The van der Waals surface area contributed by atoms with Crippen LogP contribution in [0.25, 0.3) is 0 Å². The minimum atomic E-state index is -4.64. The summed E-state index contributed by atoms with van der Waals surface area (Å²) in [5.41, 5.74) is -1.85. The van der Waals surface area contributed by atoms with Crippen LogP contribution in [0.1, 0.15) is 17.6 Å². The smallest absolute Gasteiger partial charge is 0.249 e. The van der Waals surface area contributed by atoms with Gasteiger partial charge in [0.05, 0.1) is 11.1 Å². The number of hydrogen-bond acceptors (Lipinski definition) is 1. The molecule has 0 saturated carbocycles. The molecule has 0 spiro atoms. The van der Waals surface area contributed by atoms with Crippen molar-refractivity contribution >= 4 is 22.6 Å². The molecule has 0 aromatic carbocycles. The third-order valence-corrected chi connectivity index (χ3v) is 2.33. The van der Waals surface area contributed by atoms with Gasteiger partial charge in [-0.15, -0.1) is 0 Å². The van der Waals surface area contributed by atoms with Crippen molar-refractivity contribution in [3.8, 4) is 0 Å². The lowest BCUT2D eigenvalue weighted by atomic mass is 10.2. The second-order valence-corrected chi connectivity index (χ2v) is 3.42. The standard InChI is InChI=1S/C7H3F5IN/c8-5(9)4-1-3(7(10,11)12)2-14-6(4)13/h1-2,5H. The topological polar surface area (TPSA) is 12.9 Å². The van der Waals surface area contributed by atoms with Crippen molar-refractivity contribution < 1.29 is 22.0 Å². The molecule has 0 fully saturated rings. The molecule has 0 atom stereocenters. The van der Waals surface area contributed by atoms with E-state index in [9.17, 15) is 22.0 Å². The maximum absolute atomic E-state index is 12.2. The average Bonchev–Trinajstić information content (AvgIpc) is 2.02. The van der Waals surface area contributed by atoms with Crippen LogP contribution in [0.3, 0.4) is 0 Å². The molecular weight excluding hydrogens is 320 g/mol. The van der Waals surface area contributed by atoms with Crippen LogP contribution >= 0.6 is 22.6 Å². The Hall–Kier alpha value is -0.470. The zero-order valence-corrected chi connectivity index (χ0v) is 8.60. The van der Waals surface area contributed by atoms with Gasteiger partial charge in [0.1, 0.15) is 3.70 Å². The number of rotatable bonds is 1. The first kappa shape index (κ1) is 11.6. The van der Waals surface area contributed by atoms with Gasteiger partial charge in [0.25, 0.3) is 6.43 Å². The van der Waals surface area contributed by atoms with Gasteiger partial charge in [-0.2, -0.15) is 13.2 Å². The lowest BCUT2D eigenvalue weighted by Crippen LogP contribution is -2.07. The van der Waals surface area contributed by atoms with Gasteiger partial charge in [-0.3, -0.25) is 0 Å². The lowest BCUT2D eigenvalue weighted by molar-refractivity contribution is -0.138. The molecule has 14 heavy (non-hydrogen) atoms. The molecule has 1 aromatic heterocycles. The molecule has 0 bridgehead atoms. The number of alkyl halides is 5. The second kappa shape index (κ2) is 3.95. The van der Waals surface area contributed by atoms with Crippen molar-refractivity contribution in [1.82, 2.24) is 4.98 Å². The first-order chi connectivity index (χ1) is 6.32. The van der Waals surface area contributed by atoms with Gasteiger partial charge in [0.2, 0.25) is 0 Å². The summed E-state index contributed by atoms with van der Waals surface area (Å²) in [7, 11) is 0. The summed E-state index contributed by atoms with van der Waals surface area (Å²) < 4.78 is 60.5. The quantitative estimate of drug-likeness (QED) is 0.437. The molecule has 0 aliphatic heterocycles. The summed E-state index contributed by atoms with van der Waals surface area (Å²) in [5, 5.41) is 0. The molecule has 0 amide bonds. The summed E-state index contributed by atoms with van der Waals surface area (Å²) in [4.78, 5) is 3.25. The van der Waals surface area contributed by atoms with Crippen LogP contribution in [0.5, 0.6) is 0 Å². The third kappa shape index (κ3) is 2.52. The van der Waals surface area contributed by atoms with Crippen LogP contribution < -0.4 is 0 Å². The van der Waals surface area contributed by atoms with E-state index in [4.69, 9.17) is 0 Å². The van der Waals surface area contributed by atoms with Crippen molar-refractivity contribution in [2.24, 2.45) is 0 Å². The SMILES string of the molecule is FC(F)c1cc(C(F)(F)F)cnc1I. The Morgan fingerprint density at radius 3 is 2.29 bits per heavy atom. The zero-order valence-electron chi connectivity index (χ0n) is 6.45. The van der Waals surface area contributed by atoms with Gasteiger partial charge in [0.15, 0.2) is 0 Å². The Kier molecular flexibility index (Phi) is 3.28. The van der Waals surface area contributed by atoms with Gasteiger partial charge >= 0.3 is 6.18 Å². The number of pyridine rings is 1. The third-order valence-electron chi connectivity index (χ3n) is 1.43. The molecule has 1 rings (SSSR count). The molecule has 78 valence electrons. The molecular formula is C7H3F5IN. The summed E-state index contributed by atoms with van der Waals surface area (Å²) >= 11 is 1.46. The van der Waals surface area contributed by atoms with E-state index < -0.39 is 23.7 Å². The normalized spacial score (nSPS) is 12.2. The summed E-state index contributed by atoms with van der Waals surface area (Å²) in [6, 6.07) is 0.416. The highest BCUT2D eigenvalue weighted by atomic mass is 127. The van der Waals surface area contributed by atoms with E-state index in [1.54, 1.807) is 0 Å². The minimum Gasteiger partial charge on any atom is -0.249 e. The van der Waals surface area contributed by atoms with Crippen molar-refractivity contribution in [3.63, 3.8) is 0 Å². The summed E-state index contributed by atoms with van der Waals surface area (Å²) in [5.74, 6) is 0. The van der Waals surface area contributed by atoms with Crippen LogP contribution in [0.2, 0.25) is 0 Å². The van der Waals surface area contributed by atoms with Crippen LogP contribution in [-0.2, 0) is 6.18 Å². The summed E-state index contributed by atoms with van der Waals surface area (Å²) in [6.45, 7) is 0. The lowest BCUT2D eigenvalue weighted by Gasteiger charge is -2.08. The molecule has 7 heteroatoms. The van der Waals surface area contributed by atoms with Gasteiger partial charge in [-0.25, -0.2) is 13.8 Å². The maximum atomic E-state index is 12.2. The van der Waals surface area contributed by atoms with Gasteiger partial charge in [0, 0.05) is 6.20 Å². The van der Waals surface area contributed by atoms with Crippen molar-refractivity contribution in [2.45, 2.75) is 12.6 Å². The van der Waals surface area contributed by atoms with E-state index in [0.717, 1.165) is 0 Å². The maximum Gasteiger partial charge on any atom is 0.417 e. The Labute approximate surface area is 89.5 Å².